The smallest absolute Gasteiger partial charge is 0.246 e. The summed E-state index contributed by atoms with van der Waals surface area (Å²) in [5.41, 5.74) is 1.41. The highest BCUT2D eigenvalue weighted by atomic mass is 19.1. The Morgan fingerprint density at radius 3 is 2.62 bits per heavy atom. The van der Waals surface area contributed by atoms with Gasteiger partial charge in [0.1, 0.15) is 12.4 Å². The molecule has 0 aliphatic rings. The molecule has 2 aromatic carbocycles. The number of halogens is 1. The van der Waals surface area contributed by atoms with Crippen LogP contribution in [0.5, 0.6) is 11.5 Å². The van der Waals surface area contributed by atoms with Crippen LogP contribution in [-0.2, 0) is 17.9 Å². The number of aromatic nitrogens is 4. The molecule has 0 bridgehead atoms. The lowest BCUT2D eigenvalue weighted by Gasteiger charge is -2.20. The van der Waals surface area contributed by atoms with Crippen LogP contribution >= 0.6 is 0 Å². The van der Waals surface area contributed by atoms with Crippen molar-refractivity contribution >= 4 is 5.91 Å². The Balaban J connectivity index is 1.71. The van der Waals surface area contributed by atoms with E-state index in [-0.39, 0.29) is 18.3 Å². The van der Waals surface area contributed by atoms with Gasteiger partial charge in [-0.05, 0) is 48.0 Å². The van der Waals surface area contributed by atoms with Crippen molar-refractivity contribution in [3.63, 3.8) is 0 Å². The Kier molecular flexibility index (Phi) is 6.38. The molecule has 8 nitrogen and oxygen atoms in total. The molecule has 152 valence electrons. The summed E-state index contributed by atoms with van der Waals surface area (Å²) in [6.07, 6.45) is 0. The molecule has 0 aliphatic heterocycles. The standard InChI is InChI=1S/C20H22FN5O3/c1-4-25(12-14-6-5-7-16(21)10-14)19(27)13-26-23-20(22-24-26)15-8-9-17(28-2)18(11-15)29-3/h5-11H,4,12-13H2,1-3H3. The number of ether oxygens (including phenoxy) is 2. The third-order valence-electron chi connectivity index (χ3n) is 4.37. The van der Waals surface area contributed by atoms with Gasteiger partial charge < -0.3 is 14.4 Å². The summed E-state index contributed by atoms with van der Waals surface area (Å²) in [6, 6.07) is 11.5. The summed E-state index contributed by atoms with van der Waals surface area (Å²) < 4.78 is 23.9. The zero-order chi connectivity index (χ0) is 20.8. The molecular formula is C20H22FN5O3. The van der Waals surface area contributed by atoms with Crippen molar-refractivity contribution in [3.8, 4) is 22.9 Å². The Morgan fingerprint density at radius 1 is 1.14 bits per heavy atom. The van der Waals surface area contributed by atoms with Crippen molar-refractivity contribution in [2.45, 2.75) is 20.0 Å². The van der Waals surface area contributed by atoms with E-state index in [1.54, 1.807) is 49.5 Å². The average molecular weight is 399 g/mol. The van der Waals surface area contributed by atoms with Crippen LogP contribution in [-0.4, -0.2) is 51.8 Å². The van der Waals surface area contributed by atoms with Crippen LogP contribution in [0.2, 0.25) is 0 Å². The number of hydrogen-bond acceptors (Lipinski definition) is 6. The van der Waals surface area contributed by atoms with E-state index < -0.39 is 0 Å². The fraction of sp³-hybridized carbons (Fsp3) is 0.300. The third kappa shape index (κ3) is 4.87. The highest BCUT2D eigenvalue weighted by molar-refractivity contribution is 5.75. The molecule has 3 rings (SSSR count). The van der Waals surface area contributed by atoms with Crippen LogP contribution in [0.25, 0.3) is 11.4 Å². The van der Waals surface area contributed by atoms with E-state index in [4.69, 9.17) is 9.47 Å². The predicted octanol–water partition coefficient (Wildman–Crippen LogP) is 2.55. The number of rotatable bonds is 8. The summed E-state index contributed by atoms with van der Waals surface area (Å²) >= 11 is 0. The molecular weight excluding hydrogens is 377 g/mol. The second-order valence-corrected chi connectivity index (χ2v) is 6.25. The van der Waals surface area contributed by atoms with Crippen LogP contribution in [0.1, 0.15) is 12.5 Å². The predicted molar refractivity (Wildman–Crippen MR) is 104 cm³/mol. The minimum atomic E-state index is -0.330. The lowest BCUT2D eigenvalue weighted by Crippen LogP contribution is -2.33. The van der Waals surface area contributed by atoms with Crippen molar-refractivity contribution < 1.29 is 18.7 Å². The van der Waals surface area contributed by atoms with Crippen molar-refractivity contribution in [1.82, 2.24) is 25.1 Å². The minimum Gasteiger partial charge on any atom is -0.493 e. The molecule has 0 unspecified atom stereocenters. The molecule has 0 atom stereocenters. The zero-order valence-electron chi connectivity index (χ0n) is 16.5. The van der Waals surface area contributed by atoms with Crippen molar-refractivity contribution in [2.24, 2.45) is 0 Å². The first-order valence-corrected chi connectivity index (χ1v) is 9.06. The average Bonchev–Trinajstić information content (AvgIpc) is 3.19. The van der Waals surface area contributed by atoms with Gasteiger partial charge in [0.05, 0.1) is 14.2 Å². The molecule has 0 saturated heterocycles. The summed E-state index contributed by atoms with van der Waals surface area (Å²) in [5, 5.41) is 12.3. The lowest BCUT2D eigenvalue weighted by atomic mass is 10.2. The number of methoxy groups -OCH3 is 2. The van der Waals surface area contributed by atoms with E-state index in [9.17, 15) is 9.18 Å². The van der Waals surface area contributed by atoms with Gasteiger partial charge in [0.15, 0.2) is 11.5 Å². The van der Waals surface area contributed by atoms with Gasteiger partial charge in [0.25, 0.3) is 0 Å². The summed E-state index contributed by atoms with van der Waals surface area (Å²) in [7, 11) is 3.10. The molecule has 29 heavy (non-hydrogen) atoms. The highest BCUT2D eigenvalue weighted by Gasteiger charge is 2.16. The highest BCUT2D eigenvalue weighted by Crippen LogP contribution is 2.30. The maximum Gasteiger partial charge on any atom is 0.246 e. The maximum absolute atomic E-state index is 13.4. The van der Waals surface area contributed by atoms with E-state index in [2.05, 4.69) is 15.4 Å². The molecule has 0 N–H and O–H groups in total. The first kappa shape index (κ1) is 20.2. The molecule has 1 amide bonds. The number of carbonyl (C=O) groups is 1. The van der Waals surface area contributed by atoms with Crippen LogP contribution in [0.3, 0.4) is 0 Å². The van der Waals surface area contributed by atoms with Crippen molar-refractivity contribution in [3.05, 3.63) is 53.8 Å². The van der Waals surface area contributed by atoms with Gasteiger partial charge in [-0.3, -0.25) is 4.79 Å². The molecule has 1 aromatic heterocycles. The number of likely N-dealkylation sites (N-methyl/N-ethyl adjacent to an activating group) is 1. The minimum absolute atomic E-state index is 0.0660. The van der Waals surface area contributed by atoms with E-state index in [0.29, 0.717) is 36.0 Å². The Hall–Kier alpha value is -3.49. The quantitative estimate of drug-likeness (QED) is 0.579. The lowest BCUT2D eigenvalue weighted by molar-refractivity contribution is -0.132. The molecule has 9 heteroatoms. The maximum atomic E-state index is 13.4. The fourth-order valence-electron chi connectivity index (χ4n) is 2.85. The SMILES string of the molecule is CCN(Cc1cccc(F)c1)C(=O)Cn1nnc(-c2ccc(OC)c(OC)c2)n1. The van der Waals surface area contributed by atoms with Gasteiger partial charge >= 0.3 is 0 Å². The van der Waals surface area contributed by atoms with Crippen LogP contribution in [0.4, 0.5) is 4.39 Å². The number of hydrogen-bond donors (Lipinski definition) is 0. The zero-order valence-corrected chi connectivity index (χ0v) is 16.5. The van der Waals surface area contributed by atoms with Gasteiger partial charge in [-0.1, -0.05) is 12.1 Å². The molecule has 0 fully saturated rings. The van der Waals surface area contributed by atoms with E-state index >= 15 is 0 Å². The van der Waals surface area contributed by atoms with E-state index in [1.165, 1.54) is 16.9 Å². The molecule has 0 aliphatic carbocycles. The number of tetrazole rings is 1. The molecule has 0 spiro atoms. The fourth-order valence-corrected chi connectivity index (χ4v) is 2.85. The molecule has 1 heterocycles. The summed E-state index contributed by atoms with van der Waals surface area (Å²) in [6.45, 7) is 2.58. The van der Waals surface area contributed by atoms with Gasteiger partial charge in [-0.15, -0.1) is 10.2 Å². The van der Waals surface area contributed by atoms with Crippen LogP contribution in [0, 0.1) is 5.82 Å². The first-order chi connectivity index (χ1) is 14.0. The third-order valence-corrected chi connectivity index (χ3v) is 4.37. The van der Waals surface area contributed by atoms with E-state index in [0.717, 1.165) is 5.56 Å². The number of amides is 1. The van der Waals surface area contributed by atoms with Gasteiger partial charge in [0, 0.05) is 18.7 Å². The largest absolute Gasteiger partial charge is 0.493 e. The Bertz CT molecular complexity index is 992. The van der Waals surface area contributed by atoms with Gasteiger partial charge in [0.2, 0.25) is 11.7 Å². The van der Waals surface area contributed by atoms with Gasteiger partial charge in [-0.2, -0.15) is 4.80 Å². The first-order valence-electron chi connectivity index (χ1n) is 9.06. The van der Waals surface area contributed by atoms with Gasteiger partial charge in [-0.25, -0.2) is 4.39 Å². The summed E-state index contributed by atoms with van der Waals surface area (Å²) in [4.78, 5) is 15.5. The van der Waals surface area contributed by atoms with Crippen molar-refractivity contribution in [1.29, 1.82) is 0 Å². The van der Waals surface area contributed by atoms with Crippen LogP contribution in [0.15, 0.2) is 42.5 Å². The monoisotopic (exact) mass is 399 g/mol. The number of nitrogens with zero attached hydrogens (tertiary/aromatic N) is 5. The van der Waals surface area contributed by atoms with Crippen LogP contribution < -0.4 is 9.47 Å². The molecule has 0 saturated carbocycles. The number of benzene rings is 2. The normalized spacial score (nSPS) is 10.6. The second-order valence-electron chi connectivity index (χ2n) is 6.25. The molecule has 3 aromatic rings. The van der Waals surface area contributed by atoms with E-state index in [1.807, 2.05) is 6.92 Å². The second kappa shape index (κ2) is 9.13. The van der Waals surface area contributed by atoms with Crippen molar-refractivity contribution in [2.75, 3.05) is 20.8 Å². The summed E-state index contributed by atoms with van der Waals surface area (Å²) in [5.74, 6) is 0.989. The Labute approximate surface area is 167 Å². The molecule has 0 radical (unpaired) electrons. The Morgan fingerprint density at radius 2 is 1.93 bits per heavy atom. The number of carbonyl (C=O) groups excluding carboxylic acids is 1. The topological polar surface area (TPSA) is 82.4 Å².